The van der Waals surface area contributed by atoms with Crippen LogP contribution in [-0.4, -0.2) is 46.1 Å². The van der Waals surface area contributed by atoms with Crippen molar-refractivity contribution in [3.05, 3.63) is 36.5 Å². The summed E-state index contributed by atoms with van der Waals surface area (Å²) < 4.78 is 0. The molecule has 0 saturated carbocycles. The highest BCUT2D eigenvalue weighted by molar-refractivity contribution is 5.80. The molecule has 0 spiro atoms. The fraction of sp³-hybridized carbons (Fsp3) is 0.794. The van der Waals surface area contributed by atoms with Gasteiger partial charge in [-0.25, -0.2) is 0 Å². The van der Waals surface area contributed by atoms with E-state index >= 15 is 0 Å². The zero-order chi connectivity index (χ0) is 28.8. The lowest BCUT2D eigenvalue weighted by atomic mass is 10.0. The van der Waals surface area contributed by atoms with Crippen molar-refractivity contribution in [2.45, 2.75) is 167 Å². The minimum atomic E-state index is -1.10. The third kappa shape index (κ3) is 25.3. The first kappa shape index (κ1) is 37.6. The molecule has 0 radical (unpaired) electrons. The van der Waals surface area contributed by atoms with Gasteiger partial charge in [-0.3, -0.25) is 4.79 Å². The Morgan fingerprint density at radius 1 is 0.615 bits per heavy atom. The van der Waals surface area contributed by atoms with E-state index < -0.39 is 24.2 Å². The van der Waals surface area contributed by atoms with Crippen molar-refractivity contribution in [2.24, 2.45) is 0 Å². The van der Waals surface area contributed by atoms with Gasteiger partial charge in [-0.05, 0) is 44.9 Å². The minimum absolute atomic E-state index is 0.381. The summed E-state index contributed by atoms with van der Waals surface area (Å²) in [5.41, 5.74) is 0. The number of nitrogens with one attached hydrogen (secondary N) is 1. The predicted octanol–water partition coefficient (Wildman–Crippen LogP) is 8.09. The van der Waals surface area contributed by atoms with Gasteiger partial charge in [-0.2, -0.15) is 0 Å². The van der Waals surface area contributed by atoms with Crippen LogP contribution in [0.5, 0.6) is 0 Å². The van der Waals surface area contributed by atoms with Crippen LogP contribution in [0.3, 0.4) is 0 Å². The molecule has 0 rings (SSSR count). The number of carbonyl (C=O) groups is 1. The van der Waals surface area contributed by atoms with Crippen molar-refractivity contribution >= 4 is 5.91 Å². The molecular weight excluding hydrogens is 486 g/mol. The molecule has 3 atom stereocenters. The molecule has 0 aliphatic heterocycles. The highest BCUT2D eigenvalue weighted by Gasteiger charge is 2.22. The summed E-state index contributed by atoms with van der Waals surface area (Å²) in [4.78, 5) is 12.3. The highest BCUT2D eigenvalue weighted by atomic mass is 16.3. The van der Waals surface area contributed by atoms with Gasteiger partial charge in [0.25, 0.3) is 0 Å². The molecule has 228 valence electrons. The van der Waals surface area contributed by atoms with Gasteiger partial charge in [0.05, 0.1) is 18.8 Å². The van der Waals surface area contributed by atoms with Crippen LogP contribution in [0.4, 0.5) is 0 Å². The number of hydrogen-bond acceptors (Lipinski definition) is 4. The Kier molecular flexibility index (Phi) is 28.5. The van der Waals surface area contributed by atoms with Crippen LogP contribution >= 0.6 is 0 Å². The molecule has 0 saturated heterocycles. The quantitative estimate of drug-likeness (QED) is 0.0586. The fourth-order valence-electron chi connectivity index (χ4n) is 4.57. The van der Waals surface area contributed by atoms with E-state index in [1.54, 1.807) is 6.08 Å². The maximum absolute atomic E-state index is 12.3. The molecular formula is C34H63NO4. The van der Waals surface area contributed by atoms with Gasteiger partial charge in [0.15, 0.2) is 0 Å². The van der Waals surface area contributed by atoms with E-state index in [1.165, 1.54) is 83.5 Å². The number of unbranched alkanes of at least 4 members (excludes halogenated alkanes) is 16. The lowest BCUT2D eigenvalue weighted by Gasteiger charge is -2.21. The van der Waals surface area contributed by atoms with Crippen LogP contribution in [0.1, 0.15) is 149 Å². The molecule has 5 nitrogen and oxygen atoms in total. The molecule has 4 N–H and O–H groups in total. The van der Waals surface area contributed by atoms with Crippen molar-refractivity contribution < 1.29 is 20.1 Å². The molecule has 1 amide bonds. The standard InChI is InChI=1S/C34H63NO4/c1-3-5-7-9-11-13-15-16-17-19-20-22-24-26-28-32(37)31(30-36)35-34(39)33(38)29-27-25-23-21-18-14-12-10-8-6-4-2/h13,15,19-20,26,28,31-33,36-38H,3-12,14,16-18,21-25,27,29-30H2,1-2H3,(H,35,39)/b15-13+,20-19+,28-26+. The summed E-state index contributed by atoms with van der Waals surface area (Å²) in [5, 5.41) is 32.7. The number of amides is 1. The Balaban J connectivity index is 3.90. The smallest absolute Gasteiger partial charge is 0.249 e. The van der Waals surface area contributed by atoms with Crippen LogP contribution in [0.2, 0.25) is 0 Å². The molecule has 39 heavy (non-hydrogen) atoms. The summed E-state index contributed by atoms with van der Waals surface area (Å²) in [6.45, 7) is 4.10. The zero-order valence-corrected chi connectivity index (χ0v) is 25.5. The Labute approximate surface area is 241 Å². The van der Waals surface area contributed by atoms with Gasteiger partial charge < -0.3 is 20.6 Å². The molecule has 0 aromatic heterocycles. The van der Waals surface area contributed by atoms with E-state index in [2.05, 4.69) is 43.5 Å². The van der Waals surface area contributed by atoms with Crippen LogP contribution < -0.4 is 5.32 Å². The molecule has 0 bridgehead atoms. The molecule has 0 aromatic rings. The second-order valence-electron chi connectivity index (χ2n) is 11.0. The normalized spacial score (nSPS) is 14.5. The van der Waals surface area contributed by atoms with E-state index in [0.717, 1.165) is 44.9 Å². The zero-order valence-electron chi connectivity index (χ0n) is 25.5. The second kappa shape index (κ2) is 29.6. The van der Waals surface area contributed by atoms with Gasteiger partial charge in [-0.1, -0.05) is 140 Å². The first-order valence-electron chi connectivity index (χ1n) is 16.3. The van der Waals surface area contributed by atoms with E-state index in [1.807, 2.05) is 6.08 Å². The van der Waals surface area contributed by atoms with Gasteiger partial charge in [0.2, 0.25) is 5.91 Å². The second-order valence-corrected chi connectivity index (χ2v) is 11.0. The first-order chi connectivity index (χ1) is 19.1. The summed E-state index contributed by atoms with van der Waals surface area (Å²) >= 11 is 0. The average Bonchev–Trinajstić information content (AvgIpc) is 2.94. The molecule has 5 heteroatoms. The lowest BCUT2D eigenvalue weighted by molar-refractivity contribution is -0.131. The number of aliphatic hydroxyl groups excluding tert-OH is 3. The van der Waals surface area contributed by atoms with Gasteiger partial charge in [0.1, 0.15) is 6.10 Å². The van der Waals surface area contributed by atoms with Gasteiger partial charge in [0, 0.05) is 0 Å². The topological polar surface area (TPSA) is 89.8 Å². The summed E-state index contributed by atoms with van der Waals surface area (Å²) in [7, 11) is 0. The maximum atomic E-state index is 12.3. The Hall–Kier alpha value is -1.43. The Morgan fingerprint density at radius 2 is 1.05 bits per heavy atom. The number of aliphatic hydroxyl groups is 3. The summed E-state index contributed by atoms with van der Waals surface area (Å²) in [6.07, 6.45) is 34.4. The van der Waals surface area contributed by atoms with Crippen LogP contribution in [0.15, 0.2) is 36.5 Å². The van der Waals surface area contributed by atoms with Crippen LogP contribution in [0, 0.1) is 0 Å². The summed E-state index contributed by atoms with van der Waals surface area (Å²) in [6, 6.07) is -0.815. The minimum Gasteiger partial charge on any atom is -0.394 e. The Bertz CT molecular complexity index is 616. The van der Waals surface area contributed by atoms with Gasteiger partial charge >= 0.3 is 0 Å². The number of carbonyl (C=O) groups excluding carboxylic acids is 1. The van der Waals surface area contributed by atoms with Crippen molar-refractivity contribution in [1.82, 2.24) is 5.32 Å². The fourth-order valence-corrected chi connectivity index (χ4v) is 4.57. The third-order valence-corrected chi connectivity index (χ3v) is 7.21. The lowest BCUT2D eigenvalue weighted by Crippen LogP contribution is -2.48. The average molecular weight is 550 g/mol. The van der Waals surface area contributed by atoms with Gasteiger partial charge in [-0.15, -0.1) is 0 Å². The van der Waals surface area contributed by atoms with Crippen molar-refractivity contribution in [3.8, 4) is 0 Å². The first-order valence-corrected chi connectivity index (χ1v) is 16.3. The van der Waals surface area contributed by atoms with Crippen LogP contribution in [0.25, 0.3) is 0 Å². The monoisotopic (exact) mass is 549 g/mol. The SMILES string of the molecule is CCCCCC/C=C/CC/C=C/CC/C=C/C(O)C(CO)NC(=O)C(O)CCCCCCCCCCCCC. The molecule has 0 aliphatic carbocycles. The Morgan fingerprint density at radius 3 is 1.56 bits per heavy atom. The predicted molar refractivity (Wildman–Crippen MR) is 167 cm³/mol. The molecule has 0 fully saturated rings. The van der Waals surface area contributed by atoms with Crippen molar-refractivity contribution in [3.63, 3.8) is 0 Å². The molecule has 0 heterocycles. The maximum Gasteiger partial charge on any atom is 0.249 e. The number of hydrogen-bond donors (Lipinski definition) is 4. The summed E-state index contributed by atoms with van der Waals surface area (Å²) in [5.74, 6) is -0.522. The van der Waals surface area contributed by atoms with E-state index in [0.29, 0.717) is 6.42 Å². The molecule has 3 unspecified atom stereocenters. The third-order valence-electron chi connectivity index (χ3n) is 7.21. The van der Waals surface area contributed by atoms with Crippen molar-refractivity contribution in [2.75, 3.05) is 6.61 Å². The van der Waals surface area contributed by atoms with E-state index in [-0.39, 0.29) is 6.61 Å². The number of rotatable bonds is 28. The van der Waals surface area contributed by atoms with Crippen molar-refractivity contribution in [1.29, 1.82) is 0 Å². The van der Waals surface area contributed by atoms with E-state index in [9.17, 15) is 20.1 Å². The highest BCUT2D eigenvalue weighted by Crippen LogP contribution is 2.13. The number of allylic oxidation sites excluding steroid dienone is 5. The largest absolute Gasteiger partial charge is 0.394 e. The molecule has 0 aromatic carbocycles. The molecule has 0 aliphatic rings. The van der Waals surface area contributed by atoms with Crippen LogP contribution in [-0.2, 0) is 4.79 Å². The van der Waals surface area contributed by atoms with E-state index in [4.69, 9.17) is 0 Å².